The fraction of sp³-hybridized carbons (Fsp3) is 0.769. The van der Waals surface area contributed by atoms with Gasteiger partial charge in [0.1, 0.15) is 6.04 Å². The molecule has 0 amide bonds. The molecule has 1 rings (SSSR count). The summed E-state index contributed by atoms with van der Waals surface area (Å²) < 4.78 is 1.12. The Bertz CT molecular complexity index is 437. The van der Waals surface area contributed by atoms with Crippen molar-refractivity contribution < 1.29 is 4.48 Å². The third kappa shape index (κ3) is 10.9. The second-order valence-corrected chi connectivity index (χ2v) is 9.08. The Morgan fingerprint density at radius 1 is 0.630 bits per heavy atom. The van der Waals surface area contributed by atoms with E-state index in [1.165, 1.54) is 102 Å². The molecule has 1 heteroatoms. The summed E-state index contributed by atoms with van der Waals surface area (Å²) >= 11 is 0. The quantitative estimate of drug-likeness (QED) is 0.190. The average Bonchev–Trinajstić information content (AvgIpc) is 2.66. The molecule has 1 aromatic rings. The minimum atomic E-state index is 0.628. The Hall–Kier alpha value is -0.820. The number of unbranched alkanes of at least 4 members (excludes halogenated alkanes) is 12. The summed E-state index contributed by atoms with van der Waals surface area (Å²) in [6.45, 7) is 5.93. The number of nitrogens with zero attached hydrogens (tertiary/aromatic N) is 1. The van der Waals surface area contributed by atoms with Crippen molar-refractivity contribution in [3.8, 4) is 0 Å². The van der Waals surface area contributed by atoms with Gasteiger partial charge in [-0.1, -0.05) is 115 Å². The van der Waals surface area contributed by atoms with E-state index < -0.39 is 0 Å². The monoisotopic (exact) mass is 374 g/mol. The molecule has 1 atom stereocenters. The van der Waals surface area contributed by atoms with Crippen molar-refractivity contribution in [2.24, 2.45) is 0 Å². The topological polar surface area (TPSA) is 0 Å². The Morgan fingerprint density at radius 2 is 1.07 bits per heavy atom. The first-order chi connectivity index (χ1) is 13.1. The molecule has 0 aliphatic heterocycles. The van der Waals surface area contributed by atoms with Crippen molar-refractivity contribution in [1.82, 2.24) is 0 Å². The molecular weight excluding hydrogens is 326 g/mol. The predicted octanol–water partition coefficient (Wildman–Crippen LogP) is 8.31. The molecule has 0 aromatic heterocycles. The maximum Gasteiger partial charge on any atom is 0.114 e. The van der Waals surface area contributed by atoms with Crippen LogP contribution in [0.25, 0.3) is 0 Å². The molecule has 156 valence electrons. The lowest BCUT2D eigenvalue weighted by molar-refractivity contribution is -0.921. The van der Waals surface area contributed by atoms with Crippen molar-refractivity contribution in [1.29, 1.82) is 0 Å². The molecule has 0 aliphatic carbocycles. The molecule has 1 unspecified atom stereocenters. The van der Waals surface area contributed by atoms with Gasteiger partial charge in [-0.15, -0.1) is 0 Å². The maximum atomic E-state index is 2.42. The highest BCUT2D eigenvalue weighted by atomic mass is 15.3. The summed E-state index contributed by atoms with van der Waals surface area (Å²) in [5.74, 6) is 0. The number of hydrogen-bond donors (Lipinski definition) is 0. The number of hydrogen-bond acceptors (Lipinski definition) is 0. The van der Waals surface area contributed by atoms with Crippen molar-refractivity contribution in [3.05, 3.63) is 35.9 Å². The van der Waals surface area contributed by atoms with Crippen LogP contribution in [0.3, 0.4) is 0 Å². The molecule has 0 aliphatic rings. The normalized spacial score (nSPS) is 13.0. The molecule has 1 nitrogen and oxygen atoms in total. The van der Waals surface area contributed by atoms with Crippen molar-refractivity contribution >= 4 is 0 Å². The van der Waals surface area contributed by atoms with Crippen LogP contribution < -0.4 is 0 Å². The molecule has 0 bridgehead atoms. The largest absolute Gasteiger partial charge is 0.322 e. The van der Waals surface area contributed by atoms with Gasteiger partial charge in [-0.2, -0.15) is 0 Å². The molecule has 0 fully saturated rings. The molecule has 0 radical (unpaired) electrons. The molecule has 1 aromatic carbocycles. The van der Waals surface area contributed by atoms with Crippen LogP contribution in [0, 0.1) is 0 Å². The molecule has 27 heavy (non-hydrogen) atoms. The summed E-state index contributed by atoms with van der Waals surface area (Å²) in [4.78, 5) is 0. The van der Waals surface area contributed by atoms with Crippen LogP contribution in [-0.2, 0) is 0 Å². The lowest BCUT2D eigenvalue weighted by atomic mass is 10.0. The summed E-state index contributed by atoms with van der Waals surface area (Å²) in [5, 5.41) is 0. The average molecular weight is 375 g/mol. The van der Waals surface area contributed by atoms with E-state index in [4.69, 9.17) is 0 Å². The summed E-state index contributed by atoms with van der Waals surface area (Å²) in [7, 11) is 4.84. The van der Waals surface area contributed by atoms with Crippen LogP contribution in [0.1, 0.15) is 115 Å². The van der Waals surface area contributed by atoms with E-state index in [2.05, 4.69) is 58.3 Å². The zero-order chi connectivity index (χ0) is 19.8. The van der Waals surface area contributed by atoms with E-state index in [9.17, 15) is 0 Å². The van der Waals surface area contributed by atoms with E-state index in [0.29, 0.717) is 6.04 Å². The number of rotatable bonds is 17. The van der Waals surface area contributed by atoms with Crippen molar-refractivity contribution in [2.45, 2.75) is 110 Å². The molecule has 0 N–H and O–H groups in total. The summed E-state index contributed by atoms with van der Waals surface area (Å²) in [5.41, 5.74) is 1.50. The molecule has 0 heterocycles. The minimum Gasteiger partial charge on any atom is -0.322 e. The van der Waals surface area contributed by atoms with Crippen LogP contribution >= 0.6 is 0 Å². The third-order valence-electron chi connectivity index (χ3n) is 6.25. The van der Waals surface area contributed by atoms with Crippen LogP contribution in [-0.4, -0.2) is 25.1 Å². The Balaban J connectivity index is 2.05. The second kappa shape index (κ2) is 15.1. The lowest BCUT2D eigenvalue weighted by Gasteiger charge is -2.38. The first-order valence-corrected chi connectivity index (χ1v) is 12.0. The van der Waals surface area contributed by atoms with Crippen molar-refractivity contribution in [3.63, 3.8) is 0 Å². The van der Waals surface area contributed by atoms with Gasteiger partial charge in [0.2, 0.25) is 0 Å². The maximum absolute atomic E-state index is 2.42. The fourth-order valence-electron chi connectivity index (χ4n) is 4.50. The van der Waals surface area contributed by atoms with Gasteiger partial charge in [0.15, 0.2) is 0 Å². The predicted molar refractivity (Wildman–Crippen MR) is 122 cm³/mol. The van der Waals surface area contributed by atoms with Gasteiger partial charge < -0.3 is 4.48 Å². The first kappa shape index (κ1) is 24.2. The SMILES string of the molecule is CCCCCCCCCCCCCCC[N+](C)(C)C(CC)c1ccccc1. The summed E-state index contributed by atoms with van der Waals surface area (Å²) in [6.07, 6.45) is 19.9. The van der Waals surface area contributed by atoms with Gasteiger partial charge >= 0.3 is 0 Å². The molecule has 0 saturated carbocycles. The minimum absolute atomic E-state index is 0.628. The van der Waals surface area contributed by atoms with Gasteiger partial charge in [0.25, 0.3) is 0 Å². The Labute approximate surface area is 171 Å². The molecular formula is C26H48N+. The van der Waals surface area contributed by atoms with Crippen LogP contribution in [0.4, 0.5) is 0 Å². The van der Waals surface area contributed by atoms with E-state index in [-0.39, 0.29) is 0 Å². The smallest absolute Gasteiger partial charge is 0.114 e. The second-order valence-electron chi connectivity index (χ2n) is 9.08. The van der Waals surface area contributed by atoms with Gasteiger partial charge in [-0.25, -0.2) is 0 Å². The van der Waals surface area contributed by atoms with Gasteiger partial charge in [-0.05, 0) is 12.8 Å². The van der Waals surface area contributed by atoms with Crippen LogP contribution in [0.5, 0.6) is 0 Å². The third-order valence-corrected chi connectivity index (χ3v) is 6.25. The Morgan fingerprint density at radius 3 is 1.52 bits per heavy atom. The highest BCUT2D eigenvalue weighted by Crippen LogP contribution is 2.28. The zero-order valence-electron chi connectivity index (χ0n) is 19.0. The summed E-state index contributed by atoms with van der Waals surface area (Å²) in [6, 6.07) is 11.7. The lowest BCUT2D eigenvalue weighted by Crippen LogP contribution is -2.43. The Kier molecular flexibility index (Phi) is 13.6. The van der Waals surface area contributed by atoms with Gasteiger partial charge in [-0.3, -0.25) is 0 Å². The van der Waals surface area contributed by atoms with Crippen LogP contribution in [0.15, 0.2) is 30.3 Å². The van der Waals surface area contributed by atoms with E-state index in [0.717, 1.165) is 4.48 Å². The van der Waals surface area contributed by atoms with E-state index in [1.54, 1.807) is 0 Å². The zero-order valence-corrected chi connectivity index (χ0v) is 19.0. The van der Waals surface area contributed by atoms with Gasteiger partial charge in [0, 0.05) is 12.0 Å². The number of quaternary nitrogens is 1. The highest BCUT2D eigenvalue weighted by molar-refractivity contribution is 5.17. The van der Waals surface area contributed by atoms with E-state index >= 15 is 0 Å². The highest BCUT2D eigenvalue weighted by Gasteiger charge is 2.27. The first-order valence-electron chi connectivity index (χ1n) is 12.0. The number of benzene rings is 1. The molecule has 0 saturated heterocycles. The van der Waals surface area contributed by atoms with E-state index in [1.807, 2.05) is 0 Å². The van der Waals surface area contributed by atoms with Crippen LogP contribution in [0.2, 0.25) is 0 Å². The fourth-order valence-corrected chi connectivity index (χ4v) is 4.50. The standard InChI is InChI=1S/C26H48N/c1-5-7-8-9-10-11-12-13-14-15-16-17-21-24-27(3,4)26(6-2)25-22-19-18-20-23-25/h18-20,22-23,26H,5-17,21,24H2,1-4H3/q+1. The van der Waals surface area contributed by atoms with Gasteiger partial charge in [0.05, 0.1) is 20.6 Å². The van der Waals surface area contributed by atoms with Crippen molar-refractivity contribution in [2.75, 3.05) is 20.6 Å². The molecule has 0 spiro atoms.